The first-order valence-electron chi connectivity index (χ1n) is 6.69. The second kappa shape index (κ2) is 5.36. The number of nitrogens with two attached hydrogens (primary N) is 1. The van der Waals surface area contributed by atoms with E-state index >= 15 is 0 Å². The van der Waals surface area contributed by atoms with Gasteiger partial charge >= 0.3 is 0 Å². The molecule has 2 heterocycles. The van der Waals surface area contributed by atoms with Crippen LogP contribution in [-0.4, -0.2) is 16.5 Å². The van der Waals surface area contributed by atoms with Crippen molar-refractivity contribution in [2.24, 2.45) is 5.73 Å². The molecule has 4 heteroatoms. The lowest BCUT2D eigenvalue weighted by atomic mass is 10.0. The number of aryl methyl sites for hydroxylation is 1. The lowest BCUT2D eigenvalue weighted by molar-refractivity contribution is 0.738. The third-order valence-electron chi connectivity index (χ3n) is 3.56. The van der Waals surface area contributed by atoms with Crippen molar-refractivity contribution < 1.29 is 0 Å². The van der Waals surface area contributed by atoms with Crippen LogP contribution in [0.1, 0.15) is 23.1 Å². The molecule has 4 nitrogen and oxygen atoms in total. The largest absolute Gasteiger partial charge is 0.336 e. The summed E-state index contributed by atoms with van der Waals surface area (Å²) in [4.78, 5) is 11.1. The zero-order valence-electron chi connectivity index (χ0n) is 10.9. The van der Waals surface area contributed by atoms with Crippen molar-refractivity contribution in [1.29, 1.82) is 0 Å². The fourth-order valence-corrected chi connectivity index (χ4v) is 2.49. The first-order chi connectivity index (χ1) is 9.36. The minimum absolute atomic E-state index is 0.489. The van der Waals surface area contributed by atoms with E-state index in [1.165, 1.54) is 11.1 Å². The molecule has 0 aliphatic carbocycles. The molecule has 0 fully saturated rings. The Morgan fingerprint density at radius 1 is 1.11 bits per heavy atom. The second-order valence-electron chi connectivity index (χ2n) is 4.89. The van der Waals surface area contributed by atoms with Crippen molar-refractivity contribution in [3.8, 4) is 0 Å². The van der Waals surface area contributed by atoms with Gasteiger partial charge in [0.05, 0.1) is 0 Å². The van der Waals surface area contributed by atoms with Crippen LogP contribution in [0.25, 0.3) is 0 Å². The van der Waals surface area contributed by atoms with Gasteiger partial charge in [-0.2, -0.15) is 0 Å². The summed E-state index contributed by atoms with van der Waals surface area (Å²) in [5.41, 5.74) is 9.37. The van der Waals surface area contributed by atoms with Gasteiger partial charge in [-0.3, -0.25) is 0 Å². The molecule has 0 saturated heterocycles. The van der Waals surface area contributed by atoms with Gasteiger partial charge in [0.2, 0.25) is 5.95 Å². The van der Waals surface area contributed by atoms with Gasteiger partial charge in [-0.25, -0.2) is 9.97 Å². The van der Waals surface area contributed by atoms with Crippen molar-refractivity contribution in [3.63, 3.8) is 0 Å². The number of anilines is 1. The predicted molar refractivity (Wildman–Crippen MR) is 75.7 cm³/mol. The predicted octanol–water partition coefficient (Wildman–Crippen LogP) is 1.89. The van der Waals surface area contributed by atoms with Crippen LogP contribution in [0.4, 0.5) is 5.95 Å². The minimum Gasteiger partial charge on any atom is -0.336 e. The molecule has 1 aromatic heterocycles. The topological polar surface area (TPSA) is 55.0 Å². The van der Waals surface area contributed by atoms with Crippen molar-refractivity contribution in [1.82, 2.24) is 9.97 Å². The van der Waals surface area contributed by atoms with Crippen LogP contribution in [0.15, 0.2) is 36.7 Å². The Morgan fingerprint density at radius 2 is 1.84 bits per heavy atom. The number of rotatable bonds is 2. The van der Waals surface area contributed by atoms with Crippen molar-refractivity contribution >= 4 is 5.95 Å². The fraction of sp³-hybridized carbons (Fsp3) is 0.333. The maximum atomic E-state index is 5.57. The lowest BCUT2D eigenvalue weighted by Gasteiger charge is -2.20. The number of aromatic nitrogens is 2. The van der Waals surface area contributed by atoms with E-state index < -0.39 is 0 Å². The van der Waals surface area contributed by atoms with E-state index in [2.05, 4.69) is 39.1 Å². The Morgan fingerprint density at radius 3 is 2.58 bits per heavy atom. The summed E-state index contributed by atoms with van der Waals surface area (Å²) in [7, 11) is 0. The van der Waals surface area contributed by atoms with E-state index in [0.29, 0.717) is 6.54 Å². The molecule has 98 valence electrons. The maximum absolute atomic E-state index is 5.57. The summed E-state index contributed by atoms with van der Waals surface area (Å²) in [5.74, 6) is 0.800. The maximum Gasteiger partial charge on any atom is 0.225 e. The molecular weight excluding hydrogens is 236 g/mol. The number of hydrogen-bond donors (Lipinski definition) is 1. The van der Waals surface area contributed by atoms with E-state index in [1.54, 1.807) is 0 Å². The molecule has 0 unspecified atom stereocenters. The molecule has 1 aromatic carbocycles. The summed E-state index contributed by atoms with van der Waals surface area (Å²) in [6, 6.07) is 8.63. The van der Waals surface area contributed by atoms with Crippen LogP contribution in [0, 0.1) is 0 Å². The van der Waals surface area contributed by atoms with Gasteiger partial charge in [0, 0.05) is 37.6 Å². The highest BCUT2D eigenvalue weighted by molar-refractivity contribution is 5.37. The molecule has 0 saturated carbocycles. The van der Waals surface area contributed by atoms with Crippen LogP contribution < -0.4 is 10.6 Å². The van der Waals surface area contributed by atoms with E-state index in [1.807, 2.05) is 12.4 Å². The Bertz CT molecular complexity index is 550. The van der Waals surface area contributed by atoms with Crippen LogP contribution >= 0.6 is 0 Å². The molecule has 1 aliphatic heterocycles. The molecule has 0 spiro atoms. The average Bonchev–Trinajstić information content (AvgIpc) is 2.69. The van der Waals surface area contributed by atoms with Crippen molar-refractivity contribution in [3.05, 3.63) is 53.3 Å². The number of nitrogens with zero attached hydrogens (tertiary/aromatic N) is 3. The number of fused-ring (bicyclic) bond motifs is 1. The zero-order valence-corrected chi connectivity index (χ0v) is 10.9. The molecule has 0 radical (unpaired) electrons. The quantitative estimate of drug-likeness (QED) is 0.889. The molecule has 3 rings (SSSR count). The standard InChI is InChI=1S/C15H18N4/c16-8-12-9-17-15(18-10-12)19-7-3-6-13-4-1-2-5-14(13)11-19/h1-2,4-5,9-10H,3,6-8,11,16H2. The summed E-state index contributed by atoms with van der Waals surface area (Å²) in [6.45, 7) is 2.37. The first kappa shape index (κ1) is 12.1. The van der Waals surface area contributed by atoms with Crippen molar-refractivity contribution in [2.45, 2.75) is 25.9 Å². The summed E-state index contributed by atoms with van der Waals surface area (Å²) in [6.07, 6.45) is 5.91. The van der Waals surface area contributed by atoms with Gasteiger partial charge in [-0.05, 0) is 24.0 Å². The monoisotopic (exact) mass is 254 g/mol. The third kappa shape index (κ3) is 2.58. The number of benzene rings is 1. The summed E-state index contributed by atoms with van der Waals surface area (Å²) >= 11 is 0. The Labute approximate surface area is 113 Å². The van der Waals surface area contributed by atoms with Crippen LogP contribution in [-0.2, 0) is 19.5 Å². The molecular formula is C15H18N4. The highest BCUT2D eigenvalue weighted by Crippen LogP contribution is 2.21. The van der Waals surface area contributed by atoms with Gasteiger partial charge in [0.15, 0.2) is 0 Å². The van der Waals surface area contributed by atoms with Gasteiger partial charge in [0.1, 0.15) is 0 Å². The highest BCUT2D eigenvalue weighted by atomic mass is 15.2. The third-order valence-corrected chi connectivity index (χ3v) is 3.56. The average molecular weight is 254 g/mol. The smallest absolute Gasteiger partial charge is 0.225 e. The summed E-state index contributed by atoms with van der Waals surface area (Å²) in [5, 5.41) is 0. The molecule has 2 aromatic rings. The van der Waals surface area contributed by atoms with E-state index in [9.17, 15) is 0 Å². The molecule has 0 amide bonds. The highest BCUT2D eigenvalue weighted by Gasteiger charge is 2.15. The Balaban J connectivity index is 1.85. The van der Waals surface area contributed by atoms with E-state index in [-0.39, 0.29) is 0 Å². The zero-order chi connectivity index (χ0) is 13.1. The van der Waals surface area contributed by atoms with Gasteiger partial charge in [-0.15, -0.1) is 0 Å². The van der Waals surface area contributed by atoms with Gasteiger partial charge < -0.3 is 10.6 Å². The van der Waals surface area contributed by atoms with Crippen LogP contribution in [0.3, 0.4) is 0 Å². The molecule has 0 bridgehead atoms. The summed E-state index contributed by atoms with van der Waals surface area (Å²) < 4.78 is 0. The Hall–Kier alpha value is -1.94. The fourth-order valence-electron chi connectivity index (χ4n) is 2.49. The van der Waals surface area contributed by atoms with E-state index in [0.717, 1.165) is 37.4 Å². The minimum atomic E-state index is 0.489. The first-order valence-corrected chi connectivity index (χ1v) is 6.69. The van der Waals surface area contributed by atoms with E-state index in [4.69, 9.17) is 5.73 Å². The number of hydrogen-bond acceptors (Lipinski definition) is 4. The van der Waals surface area contributed by atoms with Crippen LogP contribution in [0.5, 0.6) is 0 Å². The SMILES string of the molecule is NCc1cnc(N2CCCc3ccccc3C2)nc1. The molecule has 0 atom stereocenters. The normalized spacial score (nSPS) is 14.9. The molecule has 19 heavy (non-hydrogen) atoms. The van der Waals surface area contributed by atoms with Crippen LogP contribution in [0.2, 0.25) is 0 Å². The Kier molecular flexibility index (Phi) is 3.42. The van der Waals surface area contributed by atoms with Gasteiger partial charge in [-0.1, -0.05) is 24.3 Å². The lowest BCUT2D eigenvalue weighted by Crippen LogP contribution is -2.24. The van der Waals surface area contributed by atoms with Gasteiger partial charge in [0.25, 0.3) is 0 Å². The molecule has 1 aliphatic rings. The molecule has 2 N–H and O–H groups in total. The van der Waals surface area contributed by atoms with Crippen molar-refractivity contribution in [2.75, 3.05) is 11.4 Å². The second-order valence-corrected chi connectivity index (χ2v) is 4.89.